The number of nitrogens with two attached hydrogens (primary N) is 1. The second-order valence-corrected chi connectivity index (χ2v) is 4.92. The summed E-state index contributed by atoms with van der Waals surface area (Å²) >= 11 is 0. The van der Waals surface area contributed by atoms with E-state index in [1.165, 1.54) is 0 Å². The van der Waals surface area contributed by atoms with Crippen LogP contribution in [0.15, 0.2) is 24.3 Å². The van der Waals surface area contributed by atoms with Gasteiger partial charge in [-0.25, -0.2) is 4.79 Å². The van der Waals surface area contributed by atoms with Gasteiger partial charge in [0.1, 0.15) is 0 Å². The van der Waals surface area contributed by atoms with E-state index in [4.69, 9.17) is 5.73 Å². The van der Waals surface area contributed by atoms with Gasteiger partial charge in [0.05, 0.1) is 6.54 Å². The highest BCUT2D eigenvalue weighted by atomic mass is 16.2. The smallest absolute Gasteiger partial charge is 0.319 e. The van der Waals surface area contributed by atoms with Crippen molar-refractivity contribution in [1.82, 2.24) is 5.32 Å². The molecule has 18 heavy (non-hydrogen) atoms. The third-order valence-corrected chi connectivity index (χ3v) is 1.94. The van der Waals surface area contributed by atoms with Gasteiger partial charge in [0.2, 0.25) is 0 Å². The summed E-state index contributed by atoms with van der Waals surface area (Å²) in [5.74, 6) is 5.69. The van der Waals surface area contributed by atoms with E-state index < -0.39 is 0 Å². The summed E-state index contributed by atoms with van der Waals surface area (Å²) in [5.41, 5.74) is 6.58. The molecule has 0 aliphatic heterocycles. The van der Waals surface area contributed by atoms with Crippen LogP contribution < -0.4 is 16.4 Å². The van der Waals surface area contributed by atoms with Crippen LogP contribution in [0.5, 0.6) is 0 Å². The molecule has 1 aromatic carbocycles. The first kappa shape index (κ1) is 14.1. The molecule has 96 valence electrons. The van der Waals surface area contributed by atoms with Crippen molar-refractivity contribution in [3.8, 4) is 11.8 Å². The molecule has 4 heteroatoms. The van der Waals surface area contributed by atoms with Gasteiger partial charge in [0.25, 0.3) is 0 Å². The quantitative estimate of drug-likeness (QED) is 0.662. The lowest BCUT2D eigenvalue weighted by Gasteiger charge is -2.20. The van der Waals surface area contributed by atoms with Crippen LogP contribution in [0, 0.1) is 11.8 Å². The fourth-order valence-electron chi connectivity index (χ4n) is 1.33. The highest BCUT2D eigenvalue weighted by Crippen LogP contribution is 2.10. The van der Waals surface area contributed by atoms with E-state index >= 15 is 0 Å². The minimum atomic E-state index is -0.263. The van der Waals surface area contributed by atoms with Crippen LogP contribution in [-0.2, 0) is 0 Å². The molecule has 0 saturated carbocycles. The Bertz CT molecular complexity index is 478. The molecule has 0 atom stereocenters. The number of carbonyl (C=O) groups is 1. The van der Waals surface area contributed by atoms with Crippen LogP contribution in [0.3, 0.4) is 0 Å². The fourth-order valence-corrected chi connectivity index (χ4v) is 1.33. The molecule has 2 amide bonds. The Hall–Kier alpha value is -1.99. The minimum absolute atomic E-state index is 0.230. The number of benzene rings is 1. The van der Waals surface area contributed by atoms with Crippen LogP contribution in [0.2, 0.25) is 0 Å². The number of hydrogen-bond donors (Lipinski definition) is 3. The molecule has 1 aromatic rings. The van der Waals surface area contributed by atoms with Gasteiger partial charge < -0.3 is 16.4 Å². The van der Waals surface area contributed by atoms with E-state index in [2.05, 4.69) is 22.5 Å². The average molecular weight is 245 g/mol. The predicted molar refractivity (Wildman–Crippen MR) is 74.3 cm³/mol. The molecule has 0 aliphatic rings. The van der Waals surface area contributed by atoms with Gasteiger partial charge in [0, 0.05) is 16.8 Å². The molecule has 4 N–H and O–H groups in total. The summed E-state index contributed by atoms with van der Waals surface area (Å²) in [4.78, 5) is 11.7. The maximum Gasteiger partial charge on any atom is 0.319 e. The second kappa shape index (κ2) is 6.08. The van der Waals surface area contributed by atoms with Crippen molar-refractivity contribution < 1.29 is 4.79 Å². The number of nitrogens with one attached hydrogen (secondary N) is 2. The second-order valence-electron chi connectivity index (χ2n) is 4.92. The third kappa shape index (κ3) is 5.37. The van der Waals surface area contributed by atoms with E-state index in [9.17, 15) is 4.79 Å². The monoisotopic (exact) mass is 245 g/mol. The van der Waals surface area contributed by atoms with Gasteiger partial charge in [-0.3, -0.25) is 0 Å². The van der Waals surface area contributed by atoms with E-state index in [1.807, 2.05) is 45.0 Å². The molecule has 0 saturated heterocycles. The summed E-state index contributed by atoms with van der Waals surface area (Å²) in [6.45, 7) is 6.10. The van der Waals surface area contributed by atoms with E-state index in [1.54, 1.807) is 0 Å². The highest BCUT2D eigenvalue weighted by Gasteiger charge is 2.13. The summed E-state index contributed by atoms with van der Waals surface area (Å²) < 4.78 is 0. The summed E-state index contributed by atoms with van der Waals surface area (Å²) in [6.07, 6.45) is 0. The van der Waals surface area contributed by atoms with Gasteiger partial charge in [-0.1, -0.05) is 17.9 Å². The van der Waals surface area contributed by atoms with Crippen molar-refractivity contribution in [1.29, 1.82) is 0 Å². The number of amides is 2. The van der Waals surface area contributed by atoms with Crippen molar-refractivity contribution in [2.45, 2.75) is 26.3 Å². The van der Waals surface area contributed by atoms with Crippen molar-refractivity contribution in [3.63, 3.8) is 0 Å². The normalized spacial score (nSPS) is 10.2. The number of anilines is 1. The summed E-state index contributed by atoms with van der Waals surface area (Å²) in [6, 6.07) is 7.11. The largest absolute Gasteiger partial charge is 0.333 e. The molecule has 0 unspecified atom stereocenters. The Morgan fingerprint density at radius 3 is 2.72 bits per heavy atom. The van der Waals surface area contributed by atoms with Crippen LogP contribution in [0.4, 0.5) is 10.5 Å². The average Bonchev–Trinajstić information content (AvgIpc) is 2.24. The highest BCUT2D eigenvalue weighted by molar-refractivity contribution is 5.89. The van der Waals surface area contributed by atoms with Crippen LogP contribution >= 0.6 is 0 Å². The maximum absolute atomic E-state index is 11.7. The number of hydrogen-bond acceptors (Lipinski definition) is 2. The lowest BCUT2D eigenvalue weighted by atomic mass is 10.1. The Balaban J connectivity index is 2.70. The third-order valence-electron chi connectivity index (χ3n) is 1.94. The summed E-state index contributed by atoms with van der Waals surface area (Å²) in [5, 5.41) is 5.59. The zero-order valence-electron chi connectivity index (χ0n) is 11.0. The van der Waals surface area contributed by atoms with Gasteiger partial charge >= 0.3 is 6.03 Å². The van der Waals surface area contributed by atoms with Gasteiger partial charge in [-0.2, -0.15) is 0 Å². The molecule has 0 spiro atoms. The van der Waals surface area contributed by atoms with E-state index in [0.717, 1.165) is 5.56 Å². The van der Waals surface area contributed by atoms with Gasteiger partial charge in [-0.05, 0) is 39.0 Å². The lowest BCUT2D eigenvalue weighted by Crippen LogP contribution is -2.43. The number of urea groups is 1. The number of rotatable bonds is 1. The summed E-state index contributed by atoms with van der Waals surface area (Å²) in [7, 11) is 0. The molecule has 0 radical (unpaired) electrons. The Morgan fingerprint density at radius 1 is 1.39 bits per heavy atom. The van der Waals surface area contributed by atoms with Crippen molar-refractivity contribution in [2.75, 3.05) is 11.9 Å². The Labute approximate surface area is 108 Å². The maximum atomic E-state index is 11.7. The fraction of sp³-hybridized carbons (Fsp3) is 0.357. The van der Waals surface area contributed by atoms with Crippen LogP contribution in [-0.4, -0.2) is 18.1 Å². The van der Waals surface area contributed by atoms with Gasteiger partial charge in [0.15, 0.2) is 0 Å². The van der Waals surface area contributed by atoms with Crippen molar-refractivity contribution >= 4 is 11.7 Å². The van der Waals surface area contributed by atoms with Crippen LogP contribution in [0.25, 0.3) is 0 Å². The molecule has 1 rings (SSSR count). The first-order valence-electron chi connectivity index (χ1n) is 5.79. The Kier molecular flexibility index (Phi) is 4.75. The molecule has 0 aliphatic carbocycles. The molecule has 4 nitrogen and oxygen atoms in total. The first-order chi connectivity index (χ1) is 8.40. The number of carbonyl (C=O) groups excluding carboxylic acids is 1. The van der Waals surface area contributed by atoms with Crippen LogP contribution in [0.1, 0.15) is 26.3 Å². The SMILES string of the molecule is CC(C)(C)NC(=O)Nc1cccc(C#CCN)c1. The van der Waals surface area contributed by atoms with Gasteiger partial charge in [-0.15, -0.1) is 0 Å². The topological polar surface area (TPSA) is 67.2 Å². The molecular weight excluding hydrogens is 226 g/mol. The predicted octanol–water partition coefficient (Wildman–Crippen LogP) is 1.92. The zero-order chi connectivity index (χ0) is 13.6. The molecular formula is C14H19N3O. The standard InChI is InChI=1S/C14H19N3O/c1-14(2,3)17-13(18)16-12-8-4-6-11(10-12)7-5-9-15/h4,6,8,10H,9,15H2,1-3H3,(H2,16,17,18). The molecule has 0 heterocycles. The molecule has 0 bridgehead atoms. The lowest BCUT2D eigenvalue weighted by molar-refractivity contribution is 0.244. The van der Waals surface area contributed by atoms with Crippen molar-refractivity contribution in [3.05, 3.63) is 29.8 Å². The molecule has 0 fully saturated rings. The zero-order valence-corrected chi connectivity index (χ0v) is 11.0. The Morgan fingerprint density at radius 2 is 2.11 bits per heavy atom. The first-order valence-corrected chi connectivity index (χ1v) is 5.79. The van der Waals surface area contributed by atoms with E-state index in [0.29, 0.717) is 12.2 Å². The molecule has 0 aromatic heterocycles. The van der Waals surface area contributed by atoms with Crippen molar-refractivity contribution in [2.24, 2.45) is 5.73 Å². The van der Waals surface area contributed by atoms with E-state index in [-0.39, 0.29) is 11.6 Å². The minimum Gasteiger partial charge on any atom is -0.333 e.